The largest absolute Gasteiger partial charge is 0.372 e. The van der Waals surface area contributed by atoms with E-state index in [1.165, 1.54) is 12.1 Å². The Morgan fingerprint density at radius 2 is 2.21 bits per heavy atom. The normalized spacial score (nSPS) is 21.1. The highest BCUT2D eigenvalue weighted by molar-refractivity contribution is 9.10. The van der Waals surface area contributed by atoms with Gasteiger partial charge in [-0.25, -0.2) is 17.5 Å². The molecule has 1 aromatic heterocycles. The van der Waals surface area contributed by atoms with Crippen molar-refractivity contribution in [3.05, 3.63) is 58.1 Å². The highest BCUT2D eigenvalue weighted by atomic mass is 79.9. The fraction of sp³-hybridized carbons (Fsp3) is 0.312. The third-order valence-corrected chi connectivity index (χ3v) is 6.16. The van der Waals surface area contributed by atoms with E-state index >= 15 is 0 Å². The zero-order chi connectivity index (χ0) is 17.3. The molecular formula is C16H16BrFN2O3S. The minimum Gasteiger partial charge on any atom is -0.372 e. The van der Waals surface area contributed by atoms with Crippen LogP contribution in [0, 0.1) is 12.7 Å². The van der Waals surface area contributed by atoms with E-state index < -0.39 is 28.0 Å². The summed E-state index contributed by atoms with van der Waals surface area (Å²) in [6.45, 7) is 2.02. The Morgan fingerprint density at radius 1 is 1.42 bits per heavy atom. The second-order valence-corrected chi connectivity index (χ2v) is 8.16. The van der Waals surface area contributed by atoms with E-state index in [9.17, 15) is 12.8 Å². The molecule has 24 heavy (non-hydrogen) atoms. The molecule has 1 N–H and O–H groups in total. The number of nitrogens with zero attached hydrogens (tertiary/aromatic N) is 1. The maximum atomic E-state index is 13.5. The van der Waals surface area contributed by atoms with Gasteiger partial charge in [-0.1, -0.05) is 6.07 Å². The number of rotatable bonds is 4. The van der Waals surface area contributed by atoms with Gasteiger partial charge >= 0.3 is 0 Å². The molecule has 1 aromatic carbocycles. The molecule has 1 aliphatic heterocycles. The zero-order valence-electron chi connectivity index (χ0n) is 12.9. The van der Waals surface area contributed by atoms with E-state index in [1.54, 1.807) is 25.4 Å². The van der Waals surface area contributed by atoms with Crippen LogP contribution in [0.3, 0.4) is 0 Å². The van der Waals surface area contributed by atoms with Gasteiger partial charge in [0.2, 0.25) is 10.0 Å². The summed E-state index contributed by atoms with van der Waals surface area (Å²) in [5.74, 6) is -0.496. The first kappa shape index (κ1) is 17.5. The highest BCUT2D eigenvalue weighted by Crippen LogP contribution is 2.31. The summed E-state index contributed by atoms with van der Waals surface area (Å²) in [5.41, 5.74) is 1.17. The molecular weight excluding hydrogens is 399 g/mol. The second-order valence-electron chi connectivity index (χ2n) is 5.63. The lowest BCUT2D eigenvalue weighted by Gasteiger charge is -2.20. The van der Waals surface area contributed by atoms with Gasteiger partial charge in [-0.3, -0.25) is 4.98 Å². The molecule has 2 heterocycles. The number of aromatic nitrogens is 1. The summed E-state index contributed by atoms with van der Waals surface area (Å²) in [7, 11) is -3.80. The van der Waals surface area contributed by atoms with Crippen molar-refractivity contribution < 1.29 is 17.5 Å². The molecule has 0 aliphatic carbocycles. The van der Waals surface area contributed by atoms with Gasteiger partial charge in [0.15, 0.2) is 0 Å². The molecule has 0 amide bonds. The molecule has 2 aromatic rings. The van der Waals surface area contributed by atoms with Crippen molar-refractivity contribution in [2.45, 2.75) is 30.4 Å². The van der Waals surface area contributed by atoms with Crippen molar-refractivity contribution in [2.75, 3.05) is 6.61 Å². The fourth-order valence-electron chi connectivity index (χ4n) is 2.76. The van der Waals surface area contributed by atoms with Gasteiger partial charge in [-0.2, -0.15) is 0 Å². The molecule has 128 valence electrons. The molecule has 0 saturated carbocycles. The summed E-state index contributed by atoms with van der Waals surface area (Å²) in [4.78, 5) is 4.10. The van der Waals surface area contributed by atoms with Gasteiger partial charge in [0.25, 0.3) is 0 Å². The van der Waals surface area contributed by atoms with Crippen LogP contribution < -0.4 is 4.72 Å². The van der Waals surface area contributed by atoms with Crippen molar-refractivity contribution in [2.24, 2.45) is 0 Å². The van der Waals surface area contributed by atoms with Crippen LogP contribution in [0.1, 0.15) is 23.7 Å². The number of benzene rings is 1. The first-order chi connectivity index (χ1) is 11.4. The van der Waals surface area contributed by atoms with E-state index in [2.05, 4.69) is 25.6 Å². The number of ether oxygens (including phenoxy) is 1. The molecule has 0 spiro atoms. The Hall–Kier alpha value is -1.35. The lowest BCUT2D eigenvalue weighted by molar-refractivity contribution is 0.102. The molecule has 5 nitrogen and oxygen atoms in total. The van der Waals surface area contributed by atoms with Crippen LogP contribution in [-0.4, -0.2) is 26.1 Å². The van der Waals surface area contributed by atoms with Gasteiger partial charge < -0.3 is 4.74 Å². The zero-order valence-corrected chi connectivity index (χ0v) is 15.3. The average Bonchev–Trinajstić information content (AvgIpc) is 2.99. The Morgan fingerprint density at radius 3 is 2.92 bits per heavy atom. The van der Waals surface area contributed by atoms with Gasteiger partial charge in [0.1, 0.15) is 11.9 Å². The van der Waals surface area contributed by atoms with Gasteiger partial charge in [-0.05, 0) is 53.0 Å². The standard InChI is InChI=1S/C16H16BrFN2O3S/c1-10-7-13(18)12(17)8-15(10)24(21,22)20-14-4-6-23-16(14)11-3-2-5-19-9-11/h2-3,5,7-9,14,16,20H,4,6H2,1H3/t14-,16+/m0/s1. The van der Waals surface area contributed by atoms with Crippen LogP contribution in [0.25, 0.3) is 0 Å². The van der Waals surface area contributed by atoms with Crippen LogP contribution in [0.2, 0.25) is 0 Å². The van der Waals surface area contributed by atoms with Crippen LogP contribution in [0.15, 0.2) is 46.0 Å². The maximum absolute atomic E-state index is 13.5. The third-order valence-electron chi connectivity index (χ3n) is 3.92. The molecule has 0 unspecified atom stereocenters. The van der Waals surface area contributed by atoms with E-state index in [1.807, 2.05) is 6.07 Å². The number of nitrogens with one attached hydrogen (secondary N) is 1. The first-order valence-corrected chi connectivity index (χ1v) is 9.65. The van der Waals surface area contributed by atoms with E-state index in [0.717, 1.165) is 5.56 Å². The summed E-state index contributed by atoms with van der Waals surface area (Å²) in [6, 6.07) is 5.71. The third kappa shape index (κ3) is 3.51. The number of pyridine rings is 1. The topological polar surface area (TPSA) is 68.3 Å². The molecule has 0 radical (unpaired) electrons. The van der Waals surface area contributed by atoms with E-state index in [0.29, 0.717) is 18.6 Å². The molecule has 1 aliphatic rings. The minimum absolute atomic E-state index is 0.0487. The Balaban J connectivity index is 1.88. The molecule has 1 saturated heterocycles. The summed E-state index contributed by atoms with van der Waals surface area (Å²) < 4.78 is 47.5. The number of halogens is 2. The van der Waals surface area contributed by atoms with Crippen LogP contribution in [-0.2, 0) is 14.8 Å². The monoisotopic (exact) mass is 414 g/mol. The van der Waals surface area contributed by atoms with E-state index in [4.69, 9.17) is 4.74 Å². The summed E-state index contributed by atoms with van der Waals surface area (Å²) in [5, 5.41) is 0. The van der Waals surface area contributed by atoms with Crippen molar-refractivity contribution in [1.82, 2.24) is 9.71 Å². The fourth-order valence-corrected chi connectivity index (χ4v) is 4.78. The molecule has 2 atom stereocenters. The van der Waals surface area contributed by atoms with Crippen molar-refractivity contribution in [3.8, 4) is 0 Å². The molecule has 0 bridgehead atoms. The molecule has 3 rings (SSSR count). The van der Waals surface area contributed by atoms with Gasteiger partial charge in [0, 0.05) is 24.6 Å². The van der Waals surface area contributed by atoms with Crippen molar-refractivity contribution >= 4 is 26.0 Å². The minimum atomic E-state index is -3.80. The van der Waals surface area contributed by atoms with Crippen molar-refractivity contribution in [3.63, 3.8) is 0 Å². The van der Waals surface area contributed by atoms with Crippen LogP contribution >= 0.6 is 15.9 Å². The Bertz CT molecular complexity index is 846. The quantitative estimate of drug-likeness (QED) is 0.834. The Labute approximate surface area is 148 Å². The maximum Gasteiger partial charge on any atom is 0.241 e. The smallest absolute Gasteiger partial charge is 0.241 e. The van der Waals surface area contributed by atoms with Crippen LogP contribution in [0.4, 0.5) is 4.39 Å². The summed E-state index contributed by atoms with van der Waals surface area (Å²) in [6.07, 6.45) is 3.48. The Kier molecular flexibility index (Phi) is 5.00. The van der Waals surface area contributed by atoms with Gasteiger partial charge in [0.05, 0.1) is 15.4 Å². The predicted molar refractivity (Wildman–Crippen MR) is 90.5 cm³/mol. The number of hydrogen-bond donors (Lipinski definition) is 1. The lowest BCUT2D eigenvalue weighted by atomic mass is 10.1. The van der Waals surface area contributed by atoms with Crippen LogP contribution in [0.5, 0.6) is 0 Å². The molecule has 8 heteroatoms. The number of sulfonamides is 1. The number of hydrogen-bond acceptors (Lipinski definition) is 4. The van der Waals surface area contributed by atoms with E-state index in [-0.39, 0.29) is 9.37 Å². The number of aryl methyl sites for hydroxylation is 1. The average molecular weight is 415 g/mol. The van der Waals surface area contributed by atoms with Gasteiger partial charge in [-0.15, -0.1) is 0 Å². The SMILES string of the molecule is Cc1cc(F)c(Br)cc1S(=O)(=O)N[C@H]1CCO[C@@H]1c1cccnc1. The molecule has 1 fully saturated rings. The first-order valence-electron chi connectivity index (χ1n) is 7.38. The predicted octanol–water partition coefficient (Wildman–Crippen LogP) is 3.10. The summed E-state index contributed by atoms with van der Waals surface area (Å²) >= 11 is 3.03. The lowest BCUT2D eigenvalue weighted by Crippen LogP contribution is -2.37. The second kappa shape index (κ2) is 6.87. The highest BCUT2D eigenvalue weighted by Gasteiger charge is 2.34. The van der Waals surface area contributed by atoms with Crippen molar-refractivity contribution in [1.29, 1.82) is 0 Å².